The van der Waals surface area contributed by atoms with Crippen LogP contribution in [0.2, 0.25) is 0 Å². The monoisotopic (exact) mass is 250 g/mol. The van der Waals surface area contributed by atoms with E-state index in [1.54, 1.807) is 18.2 Å². The summed E-state index contributed by atoms with van der Waals surface area (Å²) in [5.41, 5.74) is 0.716. The molecule has 0 spiro atoms. The van der Waals surface area contributed by atoms with Crippen molar-refractivity contribution in [2.45, 2.75) is 40.0 Å². The van der Waals surface area contributed by atoms with E-state index >= 15 is 0 Å². The topological polar surface area (TPSA) is 52.6 Å². The lowest BCUT2D eigenvalue weighted by molar-refractivity contribution is -0.132. The number of carbonyl (C=O) groups excluding carboxylic acids is 2. The van der Waals surface area contributed by atoms with Crippen molar-refractivity contribution in [2.24, 2.45) is 0 Å². The Morgan fingerprint density at radius 1 is 1.00 bits per heavy atom. The molecule has 0 saturated heterocycles. The second-order valence-electron chi connectivity index (χ2n) is 5.10. The third-order valence-corrected chi connectivity index (χ3v) is 2.28. The van der Waals surface area contributed by atoms with Gasteiger partial charge in [0.15, 0.2) is 0 Å². The maximum atomic E-state index is 11.1. The molecule has 98 valence electrons. The Balaban J connectivity index is 3.20. The van der Waals surface area contributed by atoms with Crippen LogP contribution in [0.1, 0.15) is 40.2 Å². The van der Waals surface area contributed by atoms with E-state index in [0.717, 1.165) is 5.56 Å². The van der Waals surface area contributed by atoms with Gasteiger partial charge in [0.25, 0.3) is 0 Å². The Kier molecular flexibility index (Phi) is 4.11. The number of esters is 2. The Labute approximate surface area is 107 Å². The van der Waals surface area contributed by atoms with Gasteiger partial charge in [0.05, 0.1) is 0 Å². The molecule has 0 radical (unpaired) electrons. The first-order valence-electron chi connectivity index (χ1n) is 5.71. The van der Waals surface area contributed by atoms with Crippen LogP contribution in [-0.4, -0.2) is 11.9 Å². The minimum atomic E-state index is -0.410. The maximum absolute atomic E-state index is 11.1. The van der Waals surface area contributed by atoms with Gasteiger partial charge >= 0.3 is 11.9 Å². The summed E-state index contributed by atoms with van der Waals surface area (Å²) in [6.45, 7) is 8.70. The summed E-state index contributed by atoms with van der Waals surface area (Å²) >= 11 is 0. The van der Waals surface area contributed by atoms with Gasteiger partial charge in [0, 0.05) is 25.5 Å². The smallest absolute Gasteiger partial charge is 0.308 e. The zero-order valence-electron chi connectivity index (χ0n) is 11.4. The molecule has 0 aromatic heterocycles. The van der Waals surface area contributed by atoms with Crippen molar-refractivity contribution in [2.75, 3.05) is 0 Å². The van der Waals surface area contributed by atoms with Crippen LogP contribution in [0.5, 0.6) is 11.5 Å². The second kappa shape index (κ2) is 5.21. The molecule has 1 rings (SSSR count). The van der Waals surface area contributed by atoms with Crippen LogP contribution in [0.4, 0.5) is 0 Å². The lowest BCUT2D eigenvalue weighted by Crippen LogP contribution is -2.15. The van der Waals surface area contributed by atoms with E-state index in [9.17, 15) is 9.59 Å². The fourth-order valence-corrected chi connectivity index (χ4v) is 1.59. The summed E-state index contributed by atoms with van der Waals surface area (Å²) in [5.74, 6) is -0.0201. The van der Waals surface area contributed by atoms with Gasteiger partial charge in [0.2, 0.25) is 0 Å². The fourth-order valence-electron chi connectivity index (χ4n) is 1.59. The molecular formula is C14H18O4. The highest BCUT2D eigenvalue weighted by Gasteiger charge is 2.20. The van der Waals surface area contributed by atoms with E-state index in [1.165, 1.54) is 13.8 Å². The van der Waals surface area contributed by atoms with Crippen molar-refractivity contribution in [1.82, 2.24) is 0 Å². The van der Waals surface area contributed by atoms with Gasteiger partial charge in [-0.3, -0.25) is 9.59 Å². The van der Waals surface area contributed by atoms with Gasteiger partial charge in [-0.05, 0) is 11.5 Å². The normalized spacial score (nSPS) is 10.9. The molecule has 0 aliphatic rings. The standard InChI is InChI=1S/C14H18O4/c1-9(15)17-11-6-7-12(14(3,4)5)13(8-11)18-10(2)16/h6-8H,1-5H3. The zero-order valence-corrected chi connectivity index (χ0v) is 11.4. The quantitative estimate of drug-likeness (QED) is 0.598. The number of rotatable bonds is 2. The van der Waals surface area contributed by atoms with Crippen LogP contribution in [-0.2, 0) is 15.0 Å². The number of carbonyl (C=O) groups is 2. The molecule has 0 aliphatic heterocycles. The molecule has 4 heteroatoms. The first-order valence-corrected chi connectivity index (χ1v) is 5.71. The molecule has 0 saturated carbocycles. The molecule has 0 atom stereocenters. The molecule has 0 heterocycles. The van der Waals surface area contributed by atoms with E-state index in [4.69, 9.17) is 9.47 Å². The summed E-state index contributed by atoms with van der Waals surface area (Å²) in [6, 6.07) is 5.05. The first-order chi connectivity index (χ1) is 8.20. The minimum absolute atomic E-state index is 0.167. The van der Waals surface area contributed by atoms with Crippen molar-refractivity contribution in [1.29, 1.82) is 0 Å². The van der Waals surface area contributed by atoms with Crippen LogP contribution in [0.25, 0.3) is 0 Å². The van der Waals surface area contributed by atoms with Crippen molar-refractivity contribution in [3.05, 3.63) is 23.8 Å². The van der Waals surface area contributed by atoms with Gasteiger partial charge in [-0.15, -0.1) is 0 Å². The Hall–Kier alpha value is -1.84. The van der Waals surface area contributed by atoms with E-state index < -0.39 is 11.9 Å². The molecule has 0 fully saturated rings. The Bertz CT molecular complexity index is 469. The maximum Gasteiger partial charge on any atom is 0.308 e. The van der Waals surface area contributed by atoms with Crippen LogP contribution in [0.3, 0.4) is 0 Å². The number of ether oxygens (including phenoxy) is 2. The Morgan fingerprint density at radius 3 is 2.00 bits per heavy atom. The van der Waals surface area contributed by atoms with Crippen molar-refractivity contribution in [3.63, 3.8) is 0 Å². The summed E-state index contributed by atoms with van der Waals surface area (Å²) in [7, 11) is 0. The van der Waals surface area contributed by atoms with Gasteiger partial charge < -0.3 is 9.47 Å². The highest BCUT2D eigenvalue weighted by atomic mass is 16.5. The molecule has 0 amide bonds. The molecule has 18 heavy (non-hydrogen) atoms. The highest BCUT2D eigenvalue weighted by molar-refractivity contribution is 5.72. The SMILES string of the molecule is CC(=O)Oc1ccc(C(C)(C)C)c(OC(C)=O)c1. The minimum Gasteiger partial charge on any atom is -0.427 e. The van der Waals surface area contributed by atoms with Gasteiger partial charge in [-0.25, -0.2) is 0 Å². The molecule has 0 aliphatic carbocycles. The molecule has 0 unspecified atom stereocenters. The average molecular weight is 250 g/mol. The molecule has 0 bridgehead atoms. The van der Waals surface area contributed by atoms with E-state index in [0.29, 0.717) is 11.5 Å². The summed E-state index contributed by atoms with van der Waals surface area (Å²) in [5, 5.41) is 0. The van der Waals surface area contributed by atoms with E-state index in [1.807, 2.05) is 20.8 Å². The third-order valence-electron chi connectivity index (χ3n) is 2.28. The fraction of sp³-hybridized carbons (Fsp3) is 0.429. The average Bonchev–Trinajstić information content (AvgIpc) is 2.13. The molecule has 4 nitrogen and oxygen atoms in total. The number of hydrogen-bond donors (Lipinski definition) is 0. The predicted octanol–water partition coefficient (Wildman–Crippen LogP) is 2.83. The lowest BCUT2D eigenvalue weighted by Gasteiger charge is -2.22. The zero-order chi connectivity index (χ0) is 13.9. The van der Waals surface area contributed by atoms with Crippen molar-refractivity contribution < 1.29 is 19.1 Å². The molecule has 1 aromatic carbocycles. The van der Waals surface area contributed by atoms with Crippen molar-refractivity contribution >= 4 is 11.9 Å². The summed E-state index contributed by atoms with van der Waals surface area (Å²) in [4.78, 5) is 22.0. The molecule has 1 aromatic rings. The number of benzene rings is 1. The van der Waals surface area contributed by atoms with Gasteiger partial charge in [0.1, 0.15) is 11.5 Å². The second-order valence-corrected chi connectivity index (χ2v) is 5.10. The molecule has 0 N–H and O–H groups in total. The van der Waals surface area contributed by atoms with Crippen LogP contribution in [0.15, 0.2) is 18.2 Å². The van der Waals surface area contributed by atoms with E-state index in [-0.39, 0.29) is 5.41 Å². The Morgan fingerprint density at radius 2 is 1.56 bits per heavy atom. The van der Waals surface area contributed by atoms with Crippen molar-refractivity contribution in [3.8, 4) is 11.5 Å². The largest absolute Gasteiger partial charge is 0.427 e. The van der Waals surface area contributed by atoms with Crippen LogP contribution < -0.4 is 9.47 Å². The first kappa shape index (κ1) is 14.2. The number of hydrogen-bond acceptors (Lipinski definition) is 4. The summed E-state index contributed by atoms with van der Waals surface area (Å²) in [6.07, 6.45) is 0. The molecular weight excluding hydrogens is 232 g/mol. The van der Waals surface area contributed by atoms with E-state index in [2.05, 4.69) is 0 Å². The van der Waals surface area contributed by atoms with Crippen LogP contribution >= 0.6 is 0 Å². The van der Waals surface area contributed by atoms with Gasteiger partial charge in [-0.1, -0.05) is 26.8 Å². The summed E-state index contributed by atoms with van der Waals surface area (Å²) < 4.78 is 10.1. The predicted molar refractivity (Wildman–Crippen MR) is 67.8 cm³/mol. The lowest BCUT2D eigenvalue weighted by atomic mass is 9.86. The highest BCUT2D eigenvalue weighted by Crippen LogP contribution is 2.34. The van der Waals surface area contributed by atoms with Gasteiger partial charge in [-0.2, -0.15) is 0 Å². The van der Waals surface area contributed by atoms with Crippen LogP contribution in [0, 0.1) is 0 Å². The third kappa shape index (κ3) is 3.87.